The standard InChI is InChI=1S/C28H38IN7O3/c1-3-28(37)10-12-33(18(2)15-28)21-14-23(35-19-7-8-20(35)17-38-16-19)30-27-25(21)26(29)32-36(27)22-9-11-34(31-22)24-6-4-5-13-39-24/h9,11,14,18-20,24,37H,3-8,10,12-13,15-17H2,1-2H3/t18-,19?,20?,24?,28+/m1/s1. The number of hydrogen-bond acceptors (Lipinski definition) is 8. The lowest BCUT2D eigenvalue weighted by molar-refractivity contribution is -0.0395. The summed E-state index contributed by atoms with van der Waals surface area (Å²) < 4.78 is 16.6. The van der Waals surface area contributed by atoms with E-state index in [1.165, 1.54) is 0 Å². The Kier molecular flexibility index (Phi) is 6.76. The second-order valence-corrected chi connectivity index (χ2v) is 12.8. The normalized spacial score (nSPS) is 31.4. The monoisotopic (exact) mass is 647 g/mol. The van der Waals surface area contributed by atoms with Crippen LogP contribution in [0.15, 0.2) is 18.3 Å². The number of piperidine rings is 1. The minimum absolute atomic E-state index is 0.0250. The van der Waals surface area contributed by atoms with Crippen LogP contribution in [0.2, 0.25) is 0 Å². The fraction of sp³-hybridized carbons (Fsp3) is 0.679. The van der Waals surface area contributed by atoms with Crippen LogP contribution in [0.5, 0.6) is 0 Å². The summed E-state index contributed by atoms with van der Waals surface area (Å²) in [5, 5.41) is 22.0. The van der Waals surface area contributed by atoms with Crippen LogP contribution < -0.4 is 9.80 Å². The molecule has 1 N–H and O–H groups in total. The Morgan fingerprint density at radius 3 is 2.67 bits per heavy atom. The van der Waals surface area contributed by atoms with Gasteiger partial charge in [-0.25, -0.2) is 9.67 Å². The number of aliphatic hydroxyl groups is 1. The molecule has 0 saturated carbocycles. The molecule has 4 fully saturated rings. The summed E-state index contributed by atoms with van der Waals surface area (Å²) in [4.78, 5) is 10.2. The molecule has 0 spiro atoms. The molecular formula is C28H38IN7O3. The lowest BCUT2D eigenvalue weighted by Gasteiger charge is -2.44. The molecule has 3 aromatic heterocycles. The average molecular weight is 648 g/mol. The SMILES string of the molecule is CC[C@]1(O)CCN(c2cc(N3C4CCC3COC4)nc3c2c(I)nn3-c2ccn(C3CCCCO3)n2)[C@H](C)C1. The van der Waals surface area contributed by atoms with E-state index in [0.717, 1.165) is 110 Å². The summed E-state index contributed by atoms with van der Waals surface area (Å²) in [7, 11) is 0. The van der Waals surface area contributed by atoms with Crippen LogP contribution in [0.3, 0.4) is 0 Å². The fourth-order valence-electron chi connectivity index (χ4n) is 7.09. The van der Waals surface area contributed by atoms with Crippen molar-refractivity contribution in [3.63, 3.8) is 0 Å². The number of nitrogens with zero attached hydrogens (tertiary/aromatic N) is 7. The third-order valence-electron chi connectivity index (χ3n) is 9.32. The van der Waals surface area contributed by atoms with Crippen LogP contribution >= 0.6 is 22.6 Å². The van der Waals surface area contributed by atoms with Crippen LogP contribution in [0, 0.1) is 3.70 Å². The molecule has 11 heteroatoms. The van der Waals surface area contributed by atoms with Gasteiger partial charge in [0.15, 0.2) is 11.5 Å². The van der Waals surface area contributed by atoms with Crippen molar-refractivity contribution in [1.82, 2.24) is 24.5 Å². The zero-order chi connectivity index (χ0) is 26.7. The number of morpholine rings is 1. The first kappa shape index (κ1) is 26.0. The molecule has 3 unspecified atom stereocenters. The number of hydrogen-bond donors (Lipinski definition) is 1. The predicted octanol–water partition coefficient (Wildman–Crippen LogP) is 4.42. The Bertz CT molecular complexity index is 1340. The van der Waals surface area contributed by atoms with Crippen LogP contribution in [-0.2, 0) is 9.47 Å². The lowest BCUT2D eigenvalue weighted by Crippen LogP contribution is -2.49. The molecule has 2 bridgehead atoms. The number of ether oxygens (including phenoxy) is 2. The first-order valence-corrected chi connectivity index (χ1v) is 15.6. The summed E-state index contributed by atoms with van der Waals surface area (Å²) in [6.45, 7) is 7.39. The topological polar surface area (TPSA) is 93.7 Å². The van der Waals surface area contributed by atoms with Gasteiger partial charge in [-0.05, 0) is 80.9 Å². The van der Waals surface area contributed by atoms with E-state index in [9.17, 15) is 5.11 Å². The highest BCUT2D eigenvalue weighted by Gasteiger charge is 2.40. The molecule has 4 saturated heterocycles. The average Bonchev–Trinajstić information content (AvgIpc) is 3.63. The Morgan fingerprint density at radius 2 is 1.95 bits per heavy atom. The molecule has 10 nitrogen and oxygen atoms in total. The van der Waals surface area contributed by atoms with Crippen LogP contribution in [0.1, 0.15) is 71.4 Å². The molecule has 7 rings (SSSR count). The van der Waals surface area contributed by atoms with E-state index in [2.05, 4.69) is 52.3 Å². The van der Waals surface area contributed by atoms with Gasteiger partial charge in [0.05, 0.1) is 42.0 Å². The van der Waals surface area contributed by atoms with Crippen LogP contribution in [0.25, 0.3) is 16.9 Å². The van der Waals surface area contributed by atoms with Gasteiger partial charge in [0.1, 0.15) is 15.7 Å². The van der Waals surface area contributed by atoms with Gasteiger partial charge in [-0.15, -0.1) is 0 Å². The summed E-state index contributed by atoms with van der Waals surface area (Å²) in [6.07, 6.45) is 9.76. The molecule has 4 aliphatic rings. The maximum Gasteiger partial charge on any atom is 0.177 e. The van der Waals surface area contributed by atoms with Gasteiger partial charge in [-0.2, -0.15) is 14.9 Å². The number of pyridine rings is 1. The highest BCUT2D eigenvalue weighted by molar-refractivity contribution is 14.1. The van der Waals surface area contributed by atoms with Crippen molar-refractivity contribution < 1.29 is 14.6 Å². The highest BCUT2D eigenvalue weighted by atomic mass is 127. The molecule has 39 heavy (non-hydrogen) atoms. The number of rotatable bonds is 5. The van der Waals surface area contributed by atoms with E-state index in [1.54, 1.807) is 0 Å². The largest absolute Gasteiger partial charge is 0.390 e. The van der Waals surface area contributed by atoms with Gasteiger partial charge in [0, 0.05) is 37.5 Å². The van der Waals surface area contributed by atoms with Crippen LogP contribution in [0.4, 0.5) is 11.5 Å². The molecule has 0 radical (unpaired) electrons. The Labute approximate surface area is 242 Å². The Morgan fingerprint density at radius 1 is 1.13 bits per heavy atom. The molecule has 210 valence electrons. The summed E-state index contributed by atoms with van der Waals surface area (Å²) in [6, 6.07) is 5.18. The fourth-order valence-corrected chi connectivity index (χ4v) is 7.82. The predicted molar refractivity (Wildman–Crippen MR) is 158 cm³/mol. The Balaban J connectivity index is 1.35. The molecule has 0 aromatic carbocycles. The highest BCUT2D eigenvalue weighted by Crippen LogP contribution is 2.42. The first-order chi connectivity index (χ1) is 18.9. The first-order valence-electron chi connectivity index (χ1n) is 14.6. The number of halogens is 1. The molecule has 7 heterocycles. The molecule has 5 atom stereocenters. The van der Waals surface area contributed by atoms with Crippen molar-refractivity contribution in [2.24, 2.45) is 0 Å². The maximum atomic E-state index is 11.1. The molecule has 0 amide bonds. The zero-order valence-corrected chi connectivity index (χ0v) is 25.0. The van der Waals surface area contributed by atoms with E-state index < -0.39 is 5.60 Å². The van der Waals surface area contributed by atoms with Crippen molar-refractivity contribution >= 4 is 45.1 Å². The lowest BCUT2D eigenvalue weighted by atomic mass is 9.84. The van der Waals surface area contributed by atoms with Gasteiger partial charge >= 0.3 is 0 Å². The minimum Gasteiger partial charge on any atom is -0.390 e. The smallest absolute Gasteiger partial charge is 0.177 e. The molecule has 0 aliphatic carbocycles. The van der Waals surface area contributed by atoms with Crippen molar-refractivity contribution in [2.45, 2.75) is 95.2 Å². The second kappa shape index (κ2) is 10.1. The maximum absolute atomic E-state index is 11.1. The van der Waals surface area contributed by atoms with Gasteiger partial charge in [-0.1, -0.05) is 6.92 Å². The van der Waals surface area contributed by atoms with E-state index in [4.69, 9.17) is 24.7 Å². The van der Waals surface area contributed by atoms with Crippen molar-refractivity contribution in [2.75, 3.05) is 36.2 Å². The quantitative estimate of drug-likeness (QED) is 0.408. The molecular weight excluding hydrogens is 609 g/mol. The van der Waals surface area contributed by atoms with Crippen molar-refractivity contribution in [1.29, 1.82) is 0 Å². The minimum atomic E-state index is -0.598. The Hall–Kier alpha value is -1.96. The molecule has 3 aromatic rings. The van der Waals surface area contributed by atoms with Gasteiger partial charge in [0.25, 0.3) is 0 Å². The summed E-state index contributed by atoms with van der Waals surface area (Å²) in [5.41, 5.74) is 1.38. The number of aromatic nitrogens is 5. The number of anilines is 2. The van der Waals surface area contributed by atoms with E-state index in [1.807, 2.05) is 21.6 Å². The third-order valence-corrected chi connectivity index (χ3v) is 10.1. The zero-order valence-electron chi connectivity index (χ0n) is 22.8. The summed E-state index contributed by atoms with van der Waals surface area (Å²) in [5.74, 6) is 1.74. The van der Waals surface area contributed by atoms with E-state index in [-0.39, 0.29) is 12.3 Å². The van der Waals surface area contributed by atoms with Crippen LogP contribution in [-0.4, -0.2) is 79.7 Å². The van der Waals surface area contributed by atoms with E-state index in [0.29, 0.717) is 12.1 Å². The van der Waals surface area contributed by atoms with Gasteiger partial charge in [0.2, 0.25) is 0 Å². The van der Waals surface area contributed by atoms with Crippen molar-refractivity contribution in [3.05, 3.63) is 22.0 Å². The number of fused-ring (bicyclic) bond motifs is 3. The third kappa shape index (κ3) is 4.53. The second-order valence-electron chi connectivity index (χ2n) is 11.8. The summed E-state index contributed by atoms with van der Waals surface area (Å²) >= 11 is 2.34. The molecule has 4 aliphatic heterocycles. The van der Waals surface area contributed by atoms with Gasteiger partial charge < -0.3 is 24.4 Å². The van der Waals surface area contributed by atoms with Crippen molar-refractivity contribution in [3.8, 4) is 5.82 Å². The van der Waals surface area contributed by atoms with Gasteiger partial charge in [-0.3, -0.25) is 0 Å². The van der Waals surface area contributed by atoms with E-state index >= 15 is 0 Å².